The Hall–Kier alpha value is -6.39. The van der Waals surface area contributed by atoms with E-state index in [0.717, 1.165) is 74.8 Å². The fraction of sp³-hybridized carbons (Fsp3) is 0.0652. The summed E-state index contributed by atoms with van der Waals surface area (Å²) in [6, 6.07) is 49.2. The van der Waals surface area contributed by atoms with Gasteiger partial charge in [-0.05, 0) is 70.5 Å². The van der Waals surface area contributed by atoms with Crippen LogP contribution in [0.15, 0.2) is 164 Å². The summed E-state index contributed by atoms with van der Waals surface area (Å²) in [5.74, 6) is 2.37. The molecule has 7 aromatic rings. The summed E-state index contributed by atoms with van der Waals surface area (Å²) in [7, 11) is 0. The predicted molar refractivity (Wildman–Crippen MR) is 200 cm³/mol. The third kappa shape index (κ3) is 4.21. The Morgan fingerprint density at radius 1 is 0.500 bits per heavy atom. The van der Waals surface area contributed by atoms with Gasteiger partial charge in [0.25, 0.3) is 0 Å². The van der Waals surface area contributed by atoms with E-state index in [1.54, 1.807) is 0 Å². The lowest BCUT2D eigenvalue weighted by Gasteiger charge is -2.40. The number of aromatic nitrogens is 3. The molecule has 3 aliphatic rings. The van der Waals surface area contributed by atoms with Crippen LogP contribution < -0.4 is 4.74 Å². The maximum Gasteiger partial charge on any atom is 0.161 e. The minimum absolute atomic E-state index is 0.537. The van der Waals surface area contributed by atoms with Gasteiger partial charge in [-0.3, -0.25) is 4.98 Å². The third-order valence-corrected chi connectivity index (χ3v) is 10.3. The molecule has 4 nitrogen and oxygen atoms in total. The van der Waals surface area contributed by atoms with E-state index in [1.807, 2.05) is 24.4 Å². The van der Waals surface area contributed by atoms with E-state index >= 15 is 0 Å². The number of ether oxygens (including phenoxy) is 1. The molecule has 0 bridgehead atoms. The van der Waals surface area contributed by atoms with Gasteiger partial charge in [0.15, 0.2) is 5.82 Å². The molecule has 0 amide bonds. The summed E-state index contributed by atoms with van der Waals surface area (Å²) in [5.41, 5.74) is 13.3. The zero-order valence-electron chi connectivity index (χ0n) is 27.3. The van der Waals surface area contributed by atoms with Crippen molar-refractivity contribution in [1.82, 2.24) is 15.0 Å². The van der Waals surface area contributed by atoms with Crippen molar-refractivity contribution >= 4 is 5.57 Å². The fourth-order valence-electron chi connectivity index (χ4n) is 8.17. The van der Waals surface area contributed by atoms with Crippen molar-refractivity contribution in [3.8, 4) is 56.5 Å². The number of hydrogen-bond acceptors (Lipinski definition) is 4. The maximum absolute atomic E-state index is 7.01. The first kappa shape index (κ1) is 28.6. The Morgan fingerprint density at radius 3 is 1.88 bits per heavy atom. The van der Waals surface area contributed by atoms with Gasteiger partial charge in [-0.2, -0.15) is 0 Å². The number of pyridine rings is 1. The van der Waals surface area contributed by atoms with Crippen LogP contribution in [0.5, 0.6) is 11.5 Å². The van der Waals surface area contributed by atoms with Gasteiger partial charge >= 0.3 is 0 Å². The molecule has 0 unspecified atom stereocenters. The normalized spacial score (nSPS) is 14.6. The second-order valence-electron chi connectivity index (χ2n) is 13.0. The van der Waals surface area contributed by atoms with Crippen molar-refractivity contribution in [3.05, 3.63) is 192 Å². The minimum atomic E-state index is -0.537. The Bertz CT molecular complexity index is 2480. The summed E-state index contributed by atoms with van der Waals surface area (Å²) in [6.07, 6.45) is 10.5. The predicted octanol–water partition coefficient (Wildman–Crippen LogP) is 11.1. The van der Waals surface area contributed by atoms with Gasteiger partial charge in [-0.1, -0.05) is 133 Å². The van der Waals surface area contributed by atoms with Crippen LogP contribution >= 0.6 is 0 Å². The van der Waals surface area contributed by atoms with E-state index in [2.05, 4.69) is 145 Å². The van der Waals surface area contributed by atoms with E-state index in [1.165, 1.54) is 22.3 Å². The van der Waals surface area contributed by atoms with Crippen molar-refractivity contribution in [1.29, 1.82) is 0 Å². The van der Waals surface area contributed by atoms with Gasteiger partial charge in [-0.25, -0.2) is 9.97 Å². The average molecular weight is 642 g/mol. The summed E-state index contributed by atoms with van der Waals surface area (Å²) in [4.78, 5) is 15.0. The molecular weight excluding hydrogens is 611 g/mol. The van der Waals surface area contributed by atoms with Crippen LogP contribution in [0.3, 0.4) is 0 Å². The lowest BCUT2D eigenvalue weighted by Crippen LogP contribution is -2.32. The van der Waals surface area contributed by atoms with E-state index in [9.17, 15) is 0 Å². The standard InChI is InChI=1S/C46H31N3O/c1-2-15-30(16-3-1)41-29-42(40-26-12-13-28-47-40)49-45(48-41)35-20-5-4-17-31(35)34-21-14-25-39-44(34)50-43-27-11-10-24-38(43)46(39)36-22-8-6-18-32(36)33-19-7-9-23-37(33)46/h2,4-29H,1,3H2. The van der Waals surface area contributed by atoms with Crippen LogP contribution in [0.1, 0.15) is 40.8 Å². The second-order valence-corrected chi connectivity index (χ2v) is 13.0. The molecule has 0 radical (unpaired) electrons. The summed E-state index contributed by atoms with van der Waals surface area (Å²) in [5, 5.41) is 0. The number of benzene rings is 5. The quantitative estimate of drug-likeness (QED) is 0.192. The molecule has 2 aliphatic carbocycles. The smallest absolute Gasteiger partial charge is 0.161 e. The van der Waals surface area contributed by atoms with Crippen molar-refractivity contribution in [2.24, 2.45) is 0 Å². The Labute approximate surface area is 291 Å². The number of para-hydroxylation sites is 2. The van der Waals surface area contributed by atoms with E-state index in [-0.39, 0.29) is 0 Å². The van der Waals surface area contributed by atoms with E-state index < -0.39 is 5.41 Å². The molecule has 0 fully saturated rings. The Morgan fingerprint density at radius 2 is 1.14 bits per heavy atom. The highest BCUT2D eigenvalue weighted by Gasteiger charge is 2.51. The first-order chi connectivity index (χ1) is 24.8. The highest BCUT2D eigenvalue weighted by Crippen LogP contribution is 2.63. The molecule has 50 heavy (non-hydrogen) atoms. The highest BCUT2D eigenvalue weighted by molar-refractivity contribution is 5.92. The zero-order valence-corrected chi connectivity index (χ0v) is 27.3. The summed E-state index contributed by atoms with van der Waals surface area (Å²) in [6.45, 7) is 0. The molecule has 0 atom stereocenters. The van der Waals surface area contributed by atoms with E-state index in [4.69, 9.17) is 14.7 Å². The SMILES string of the molecule is C1=CC(c2cc(-c3ccccn3)nc(-c3ccccc3-c3cccc4c3Oc3ccccc3C43c4ccccc4-c4ccccc43)n2)=CCC1. The topological polar surface area (TPSA) is 47.9 Å². The van der Waals surface area contributed by atoms with Crippen LogP contribution in [0.2, 0.25) is 0 Å². The zero-order chi connectivity index (χ0) is 33.1. The molecule has 3 heterocycles. The van der Waals surface area contributed by atoms with Crippen LogP contribution in [0.4, 0.5) is 0 Å². The summed E-state index contributed by atoms with van der Waals surface area (Å²) >= 11 is 0. The van der Waals surface area contributed by atoms with Gasteiger partial charge < -0.3 is 4.74 Å². The number of nitrogens with zero attached hydrogens (tertiary/aromatic N) is 3. The van der Waals surface area contributed by atoms with Gasteiger partial charge in [-0.15, -0.1) is 0 Å². The van der Waals surface area contributed by atoms with Crippen LogP contribution in [-0.2, 0) is 5.41 Å². The van der Waals surface area contributed by atoms with Gasteiger partial charge in [0, 0.05) is 28.5 Å². The molecule has 236 valence electrons. The lowest BCUT2D eigenvalue weighted by molar-refractivity contribution is 0.438. The maximum atomic E-state index is 7.01. The molecule has 0 N–H and O–H groups in total. The minimum Gasteiger partial charge on any atom is -0.456 e. The molecule has 10 rings (SSSR count). The van der Waals surface area contributed by atoms with Crippen molar-refractivity contribution in [3.63, 3.8) is 0 Å². The molecule has 5 aromatic carbocycles. The highest BCUT2D eigenvalue weighted by atomic mass is 16.5. The average Bonchev–Trinajstić information content (AvgIpc) is 3.49. The first-order valence-electron chi connectivity index (χ1n) is 17.2. The van der Waals surface area contributed by atoms with Crippen LogP contribution in [0, 0.1) is 0 Å². The Kier molecular flexibility index (Phi) is 6.50. The van der Waals surface area contributed by atoms with Gasteiger partial charge in [0.2, 0.25) is 0 Å². The number of rotatable bonds is 4. The monoisotopic (exact) mass is 641 g/mol. The largest absolute Gasteiger partial charge is 0.456 e. The lowest BCUT2D eigenvalue weighted by atomic mass is 9.65. The summed E-state index contributed by atoms with van der Waals surface area (Å²) < 4.78 is 7.01. The first-order valence-corrected chi connectivity index (χ1v) is 17.2. The van der Waals surface area contributed by atoms with Gasteiger partial charge in [0.05, 0.1) is 22.5 Å². The van der Waals surface area contributed by atoms with E-state index in [0.29, 0.717) is 5.82 Å². The molecule has 0 saturated heterocycles. The third-order valence-electron chi connectivity index (χ3n) is 10.3. The van der Waals surface area contributed by atoms with Crippen LogP contribution in [0.25, 0.3) is 50.6 Å². The molecular formula is C46H31N3O. The van der Waals surface area contributed by atoms with Crippen molar-refractivity contribution in [2.45, 2.75) is 18.3 Å². The Balaban J connectivity index is 1.23. The second kappa shape index (κ2) is 11.4. The van der Waals surface area contributed by atoms with Crippen molar-refractivity contribution < 1.29 is 4.74 Å². The molecule has 2 aromatic heterocycles. The molecule has 4 heteroatoms. The molecule has 1 aliphatic heterocycles. The van der Waals surface area contributed by atoms with Crippen molar-refractivity contribution in [2.75, 3.05) is 0 Å². The molecule has 0 saturated carbocycles. The number of fused-ring (bicyclic) bond motifs is 9. The fourth-order valence-corrected chi connectivity index (χ4v) is 8.17. The van der Waals surface area contributed by atoms with Crippen LogP contribution in [-0.4, -0.2) is 15.0 Å². The number of hydrogen-bond donors (Lipinski definition) is 0. The molecule has 1 spiro atoms. The number of allylic oxidation sites excluding steroid dienone is 4. The van der Waals surface area contributed by atoms with Gasteiger partial charge in [0.1, 0.15) is 11.5 Å².